The van der Waals surface area contributed by atoms with Crippen LogP contribution in [0.2, 0.25) is 0 Å². The Balaban J connectivity index is 1.61. The second-order valence-electron chi connectivity index (χ2n) is 6.92. The quantitative estimate of drug-likeness (QED) is 0.924. The van der Waals surface area contributed by atoms with Crippen molar-refractivity contribution in [3.63, 3.8) is 0 Å². The van der Waals surface area contributed by atoms with Crippen LogP contribution in [0.15, 0.2) is 24.3 Å². The van der Waals surface area contributed by atoms with Crippen LogP contribution in [0.4, 0.5) is 0 Å². The Bertz CT molecular complexity index is 491. The Morgan fingerprint density at radius 3 is 2.55 bits per heavy atom. The first-order valence-electron chi connectivity index (χ1n) is 8.82. The van der Waals surface area contributed by atoms with Gasteiger partial charge in [-0.2, -0.15) is 0 Å². The fourth-order valence-corrected chi connectivity index (χ4v) is 3.99. The van der Waals surface area contributed by atoms with Crippen molar-refractivity contribution < 1.29 is 4.79 Å². The molecule has 1 unspecified atom stereocenters. The lowest BCUT2D eigenvalue weighted by Gasteiger charge is -2.22. The maximum atomic E-state index is 12.6. The Morgan fingerprint density at radius 1 is 1.14 bits per heavy atom. The van der Waals surface area contributed by atoms with Gasteiger partial charge in [0, 0.05) is 18.7 Å². The van der Waals surface area contributed by atoms with E-state index in [9.17, 15) is 4.79 Å². The van der Waals surface area contributed by atoms with Gasteiger partial charge in [0.25, 0.3) is 5.91 Å². The molecule has 1 aliphatic heterocycles. The van der Waals surface area contributed by atoms with E-state index in [1.165, 1.54) is 37.7 Å². The molecule has 1 amide bonds. The van der Waals surface area contributed by atoms with E-state index < -0.39 is 0 Å². The summed E-state index contributed by atoms with van der Waals surface area (Å²) in [5.41, 5.74) is 2.27. The summed E-state index contributed by atoms with van der Waals surface area (Å²) in [5.74, 6) is 1.52. The number of likely N-dealkylation sites (tertiary alicyclic amines) is 1. The fraction of sp³-hybridized carbons (Fsp3) is 0.632. The highest BCUT2D eigenvalue weighted by atomic mass is 16.2. The molecule has 1 saturated heterocycles. The molecule has 3 heteroatoms. The molecule has 1 saturated carbocycles. The predicted octanol–water partition coefficient (Wildman–Crippen LogP) is 3.42. The van der Waals surface area contributed by atoms with Crippen LogP contribution in [0.5, 0.6) is 0 Å². The number of hydrogen-bond donors (Lipinski definition) is 1. The number of nitrogens with zero attached hydrogens (tertiary/aromatic N) is 1. The lowest BCUT2D eigenvalue weighted by Crippen LogP contribution is -2.30. The molecule has 1 aliphatic carbocycles. The molecule has 0 spiro atoms. The van der Waals surface area contributed by atoms with Crippen LogP contribution in [0.3, 0.4) is 0 Å². The zero-order chi connectivity index (χ0) is 15.4. The second-order valence-corrected chi connectivity index (χ2v) is 6.92. The van der Waals surface area contributed by atoms with E-state index >= 15 is 0 Å². The first kappa shape index (κ1) is 15.5. The molecule has 2 fully saturated rings. The van der Waals surface area contributed by atoms with Crippen LogP contribution < -0.4 is 5.32 Å². The maximum Gasteiger partial charge on any atom is 0.253 e. The zero-order valence-electron chi connectivity index (χ0n) is 13.7. The van der Waals surface area contributed by atoms with Gasteiger partial charge in [-0.1, -0.05) is 31.4 Å². The maximum absolute atomic E-state index is 12.6. The van der Waals surface area contributed by atoms with Crippen LogP contribution in [0.1, 0.15) is 60.4 Å². The number of carbonyl (C=O) groups excluding carboxylic acids is 1. The Morgan fingerprint density at radius 2 is 1.86 bits per heavy atom. The first-order valence-corrected chi connectivity index (χ1v) is 8.82. The van der Waals surface area contributed by atoms with Crippen LogP contribution in [-0.4, -0.2) is 37.5 Å². The number of nitrogens with one attached hydrogen (secondary N) is 1. The average molecular weight is 300 g/mol. The molecule has 22 heavy (non-hydrogen) atoms. The SMILES string of the molecule is CNCC1CCN(C(=O)c2ccc(C3CCCCC3)cc2)C1. The topological polar surface area (TPSA) is 32.3 Å². The third-order valence-corrected chi connectivity index (χ3v) is 5.30. The molecule has 1 aromatic carbocycles. The van der Waals surface area contributed by atoms with Gasteiger partial charge in [-0.3, -0.25) is 4.79 Å². The summed E-state index contributed by atoms with van der Waals surface area (Å²) in [5, 5.41) is 3.21. The molecule has 1 atom stereocenters. The van der Waals surface area contributed by atoms with E-state index in [4.69, 9.17) is 0 Å². The van der Waals surface area contributed by atoms with Crippen LogP contribution >= 0.6 is 0 Å². The van der Waals surface area contributed by atoms with E-state index in [1.807, 2.05) is 24.1 Å². The van der Waals surface area contributed by atoms with Gasteiger partial charge < -0.3 is 10.2 Å². The number of benzene rings is 1. The highest BCUT2D eigenvalue weighted by molar-refractivity contribution is 5.94. The van der Waals surface area contributed by atoms with Gasteiger partial charge >= 0.3 is 0 Å². The summed E-state index contributed by atoms with van der Waals surface area (Å²) in [6, 6.07) is 8.45. The first-order chi connectivity index (χ1) is 10.8. The van der Waals surface area contributed by atoms with Crippen LogP contribution in [0.25, 0.3) is 0 Å². The molecule has 120 valence electrons. The number of hydrogen-bond acceptors (Lipinski definition) is 2. The van der Waals surface area contributed by atoms with Gasteiger partial charge in [-0.25, -0.2) is 0 Å². The highest BCUT2D eigenvalue weighted by Gasteiger charge is 2.26. The fourth-order valence-electron chi connectivity index (χ4n) is 3.99. The summed E-state index contributed by atoms with van der Waals surface area (Å²) >= 11 is 0. The lowest BCUT2D eigenvalue weighted by molar-refractivity contribution is 0.0787. The van der Waals surface area contributed by atoms with E-state index in [1.54, 1.807) is 0 Å². The van der Waals surface area contributed by atoms with Crippen LogP contribution in [-0.2, 0) is 0 Å². The van der Waals surface area contributed by atoms with Gasteiger partial charge in [-0.05, 0) is 62.4 Å². The van der Waals surface area contributed by atoms with Gasteiger partial charge in [0.05, 0.1) is 0 Å². The van der Waals surface area contributed by atoms with E-state index in [2.05, 4.69) is 17.4 Å². The summed E-state index contributed by atoms with van der Waals surface area (Å²) < 4.78 is 0. The standard InChI is InChI=1S/C19H28N2O/c1-20-13-15-11-12-21(14-15)19(22)18-9-7-17(8-10-18)16-5-3-2-4-6-16/h7-10,15-16,20H,2-6,11-14H2,1H3. The van der Waals surface area contributed by atoms with Crippen molar-refractivity contribution in [3.05, 3.63) is 35.4 Å². The minimum atomic E-state index is 0.203. The van der Waals surface area contributed by atoms with Crippen molar-refractivity contribution in [1.29, 1.82) is 0 Å². The van der Waals surface area contributed by atoms with E-state index in [0.29, 0.717) is 11.8 Å². The normalized spacial score (nSPS) is 23.0. The molecule has 1 N–H and O–H groups in total. The van der Waals surface area contributed by atoms with Crippen molar-refractivity contribution >= 4 is 5.91 Å². The van der Waals surface area contributed by atoms with Gasteiger partial charge in [0.15, 0.2) is 0 Å². The Labute approximate surface area is 134 Å². The van der Waals surface area contributed by atoms with E-state index in [0.717, 1.165) is 31.6 Å². The molecule has 1 aromatic rings. The van der Waals surface area contributed by atoms with Gasteiger partial charge in [0.2, 0.25) is 0 Å². The summed E-state index contributed by atoms with van der Waals surface area (Å²) in [4.78, 5) is 14.6. The minimum absolute atomic E-state index is 0.203. The molecule has 3 rings (SSSR count). The molecule has 0 radical (unpaired) electrons. The largest absolute Gasteiger partial charge is 0.338 e. The highest BCUT2D eigenvalue weighted by Crippen LogP contribution is 2.32. The van der Waals surface area contributed by atoms with Crippen molar-refractivity contribution in [3.8, 4) is 0 Å². The number of carbonyl (C=O) groups is 1. The third-order valence-electron chi connectivity index (χ3n) is 5.30. The minimum Gasteiger partial charge on any atom is -0.338 e. The predicted molar refractivity (Wildman–Crippen MR) is 90.2 cm³/mol. The second kappa shape index (κ2) is 7.28. The molecule has 2 aliphatic rings. The molecule has 1 heterocycles. The van der Waals surface area contributed by atoms with Gasteiger partial charge in [0.1, 0.15) is 0 Å². The summed E-state index contributed by atoms with van der Waals surface area (Å²) in [6.07, 6.45) is 7.83. The van der Waals surface area contributed by atoms with Crippen molar-refractivity contribution in [2.45, 2.75) is 44.4 Å². The Kier molecular flexibility index (Phi) is 5.14. The monoisotopic (exact) mass is 300 g/mol. The van der Waals surface area contributed by atoms with E-state index in [-0.39, 0.29) is 5.91 Å². The summed E-state index contributed by atoms with van der Waals surface area (Å²) in [7, 11) is 1.98. The summed E-state index contributed by atoms with van der Waals surface area (Å²) in [6.45, 7) is 2.80. The van der Waals surface area contributed by atoms with Crippen molar-refractivity contribution in [2.75, 3.05) is 26.7 Å². The van der Waals surface area contributed by atoms with Gasteiger partial charge in [-0.15, -0.1) is 0 Å². The van der Waals surface area contributed by atoms with Crippen LogP contribution in [0, 0.1) is 5.92 Å². The molecule has 0 aromatic heterocycles. The zero-order valence-corrected chi connectivity index (χ0v) is 13.7. The molecule has 3 nitrogen and oxygen atoms in total. The smallest absolute Gasteiger partial charge is 0.253 e. The number of amides is 1. The number of rotatable bonds is 4. The lowest BCUT2D eigenvalue weighted by atomic mass is 9.84. The van der Waals surface area contributed by atoms with Crippen molar-refractivity contribution in [1.82, 2.24) is 10.2 Å². The molecular formula is C19H28N2O. The Hall–Kier alpha value is -1.35. The molecule has 0 bridgehead atoms. The molecular weight excluding hydrogens is 272 g/mol. The van der Waals surface area contributed by atoms with Crippen molar-refractivity contribution in [2.24, 2.45) is 5.92 Å². The third kappa shape index (κ3) is 3.52. The average Bonchev–Trinajstić information content (AvgIpc) is 3.04.